The molecule has 4 rings (SSSR count). The van der Waals surface area contributed by atoms with E-state index in [4.69, 9.17) is 14.8 Å². The van der Waals surface area contributed by atoms with E-state index < -0.39 is 5.97 Å². The van der Waals surface area contributed by atoms with Gasteiger partial charge < -0.3 is 15.2 Å². The molecule has 0 spiro atoms. The van der Waals surface area contributed by atoms with Gasteiger partial charge in [0, 0.05) is 22.8 Å². The van der Waals surface area contributed by atoms with Crippen molar-refractivity contribution in [2.45, 2.75) is 51.4 Å². The molecule has 0 bridgehead atoms. The lowest BCUT2D eigenvalue weighted by atomic mass is 9.98. The van der Waals surface area contributed by atoms with Gasteiger partial charge in [0.1, 0.15) is 5.75 Å². The third kappa shape index (κ3) is 6.39. The first-order valence-electron chi connectivity index (χ1n) is 11.6. The Bertz CT molecular complexity index is 1070. The number of benzene rings is 1. The molecule has 3 aromatic rings. The van der Waals surface area contributed by atoms with Crippen LogP contribution in [-0.4, -0.2) is 40.7 Å². The lowest BCUT2D eigenvalue weighted by molar-refractivity contribution is -0.137. The highest BCUT2D eigenvalue weighted by Crippen LogP contribution is 2.37. The van der Waals surface area contributed by atoms with E-state index >= 15 is 0 Å². The second kappa shape index (κ2) is 11.4. The topological polar surface area (TPSA) is 84.3 Å². The Morgan fingerprint density at radius 2 is 2.15 bits per heavy atom. The first kappa shape index (κ1) is 23.4. The molecule has 1 aromatic carbocycles. The summed E-state index contributed by atoms with van der Waals surface area (Å²) >= 11 is 1.66. The summed E-state index contributed by atoms with van der Waals surface area (Å²) in [4.78, 5) is 20.2. The van der Waals surface area contributed by atoms with Crippen LogP contribution >= 0.6 is 11.3 Å². The normalized spacial score (nSPS) is 14.9. The van der Waals surface area contributed by atoms with Crippen LogP contribution < -0.4 is 10.1 Å². The minimum Gasteiger partial charge on any atom is -0.494 e. The molecule has 0 fully saturated rings. The standard InChI is InChI=1S/C26H31N3O3S/c1-18-16-28-26(21-9-13-33-17-21)29-24(18)4-2-10-27-11-3-12-32-22-7-8-23-19(14-22)5-6-20(23)15-25(30)31/h7-9,13-14,16-17,20,27H,2-6,10-12,15H2,1H3,(H,30,31)/t20-/m0/s1. The van der Waals surface area contributed by atoms with Gasteiger partial charge in [0.2, 0.25) is 0 Å². The zero-order chi connectivity index (χ0) is 23.0. The van der Waals surface area contributed by atoms with Crippen LogP contribution in [0.3, 0.4) is 0 Å². The molecule has 0 aliphatic heterocycles. The van der Waals surface area contributed by atoms with Crippen molar-refractivity contribution in [3.05, 3.63) is 63.6 Å². The van der Waals surface area contributed by atoms with Crippen LogP contribution in [0.25, 0.3) is 11.4 Å². The van der Waals surface area contributed by atoms with Crippen molar-refractivity contribution in [2.75, 3.05) is 19.7 Å². The molecule has 33 heavy (non-hydrogen) atoms. The van der Waals surface area contributed by atoms with E-state index in [-0.39, 0.29) is 12.3 Å². The molecule has 1 aliphatic carbocycles. The van der Waals surface area contributed by atoms with E-state index in [0.717, 1.165) is 73.6 Å². The summed E-state index contributed by atoms with van der Waals surface area (Å²) in [7, 11) is 0. The van der Waals surface area contributed by atoms with Gasteiger partial charge in [-0.25, -0.2) is 9.97 Å². The fraction of sp³-hybridized carbons (Fsp3) is 0.423. The second-order valence-electron chi connectivity index (χ2n) is 8.58. The zero-order valence-corrected chi connectivity index (χ0v) is 19.9. The Morgan fingerprint density at radius 3 is 2.97 bits per heavy atom. The number of nitrogens with one attached hydrogen (secondary N) is 1. The number of hydrogen-bond acceptors (Lipinski definition) is 6. The highest BCUT2D eigenvalue weighted by molar-refractivity contribution is 7.08. The number of carboxylic acids is 1. The molecule has 2 aromatic heterocycles. The molecule has 1 atom stereocenters. The maximum atomic E-state index is 11.0. The van der Waals surface area contributed by atoms with Crippen molar-refractivity contribution in [1.29, 1.82) is 0 Å². The molecule has 6 nitrogen and oxygen atoms in total. The average molecular weight is 466 g/mol. The van der Waals surface area contributed by atoms with Crippen LogP contribution in [0.2, 0.25) is 0 Å². The van der Waals surface area contributed by atoms with E-state index in [9.17, 15) is 4.79 Å². The van der Waals surface area contributed by atoms with Gasteiger partial charge in [-0.05, 0) is 98.3 Å². The largest absolute Gasteiger partial charge is 0.494 e. The highest BCUT2D eigenvalue weighted by atomic mass is 32.1. The van der Waals surface area contributed by atoms with Crippen molar-refractivity contribution < 1.29 is 14.6 Å². The summed E-state index contributed by atoms with van der Waals surface area (Å²) in [5.74, 6) is 1.11. The van der Waals surface area contributed by atoms with Crippen molar-refractivity contribution in [3.8, 4) is 17.1 Å². The Morgan fingerprint density at radius 1 is 1.27 bits per heavy atom. The Kier molecular flexibility index (Phi) is 8.07. The SMILES string of the molecule is Cc1cnc(-c2ccsc2)nc1CCCNCCCOc1ccc2c(c1)CC[C@H]2CC(=O)O. The Labute approximate surface area is 199 Å². The van der Waals surface area contributed by atoms with Crippen LogP contribution in [0.4, 0.5) is 0 Å². The molecule has 7 heteroatoms. The molecule has 2 N–H and O–H groups in total. The molecule has 0 amide bonds. The number of carbonyl (C=O) groups is 1. The van der Waals surface area contributed by atoms with Gasteiger partial charge in [-0.15, -0.1) is 0 Å². The number of aryl methyl sites for hydroxylation is 3. The summed E-state index contributed by atoms with van der Waals surface area (Å²) in [6.07, 6.45) is 6.90. The van der Waals surface area contributed by atoms with Crippen LogP contribution in [0.1, 0.15) is 54.0 Å². The van der Waals surface area contributed by atoms with Gasteiger partial charge in [0.05, 0.1) is 13.0 Å². The fourth-order valence-corrected chi connectivity index (χ4v) is 4.98. The summed E-state index contributed by atoms with van der Waals surface area (Å²) in [5.41, 5.74) is 5.76. The first-order chi connectivity index (χ1) is 16.1. The van der Waals surface area contributed by atoms with Crippen LogP contribution in [0.5, 0.6) is 5.75 Å². The lowest BCUT2D eigenvalue weighted by Crippen LogP contribution is -2.19. The van der Waals surface area contributed by atoms with Crippen LogP contribution in [-0.2, 0) is 17.6 Å². The summed E-state index contributed by atoms with van der Waals surface area (Å²) in [5, 5.41) is 16.7. The predicted octanol–water partition coefficient (Wildman–Crippen LogP) is 5.01. The third-order valence-electron chi connectivity index (χ3n) is 6.13. The second-order valence-corrected chi connectivity index (χ2v) is 9.37. The maximum absolute atomic E-state index is 11.0. The van der Waals surface area contributed by atoms with E-state index in [1.807, 2.05) is 23.7 Å². The maximum Gasteiger partial charge on any atom is 0.303 e. The minimum atomic E-state index is -0.726. The van der Waals surface area contributed by atoms with Gasteiger partial charge >= 0.3 is 5.97 Å². The van der Waals surface area contributed by atoms with Crippen LogP contribution in [0.15, 0.2) is 41.2 Å². The van der Waals surface area contributed by atoms with Crippen molar-refractivity contribution in [3.63, 3.8) is 0 Å². The van der Waals surface area contributed by atoms with Crippen molar-refractivity contribution in [1.82, 2.24) is 15.3 Å². The number of aromatic nitrogens is 2. The number of ether oxygens (including phenoxy) is 1. The smallest absolute Gasteiger partial charge is 0.303 e. The van der Waals surface area contributed by atoms with Gasteiger partial charge in [-0.3, -0.25) is 4.79 Å². The quantitative estimate of drug-likeness (QED) is 0.366. The highest BCUT2D eigenvalue weighted by Gasteiger charge is 2.24. The zero-order valence-electron chi connectivity index (χ0n) is 19.0. The number of thiophene rings is 1. The lowest BCUT2D eigenvalue weighted by Gasteiger charge is -2.11. The number of rotatable bonds is 12. The molecule has 0 saturated heterocycles. The molecule has 174 valence electrons. The van der Waals surface area contributed by atoms with E-state index in [1.165, 1.54) is 11.1 Å². The number of carboxylic acid groups (broad SMARTS) is 1. The molecular formula is C26H31N3O3S. The van der Waals surface area contributed by atoms with E-state index in [2.05, 4.69) is 34.7 Å². The molecule has 0 unspecified atom stereocenters. The molecule has 0 saturated carbocycles. The molecular weight excluding hydrogens is 434 g/mol. The minimum absolute atomic E-state index is 0.143. The number of aliphatic carboxylic acids is 1. The Balaban J connectivity index is 1.13. The van der Waals surface area contributed by atoms with Gasteiger partial charge in [0.25, 0.3) is 0 Å². The summed E-state index contributed by atoms with van der Waals surface area (Å²) in [6.45, 7) is 4.59. The first-order valence-corrected chi connectivity index (χ1v) is 12.6. The van der Waals surface area contributed by atoms with Gasteiger partial charge in [-0.1, -0.05) is 6.07 Å². The fourth-order valence-electron chi connectivity index (χ4n) is 4.35. The summed E-state index contributed by atoms with van der Waals surface area (Å²) in [6, 6.07) is 8.16. The van der Waals surface area contributed by atoms with E-state index in [0.29, 0.717) is 6.61 Å². The van der Waals surface area contributed by atoms with Crippen molar-refractivity contribution in [2.24, 2.45) is 0 Å². The molecule has 1 aliphatic rings. The Hall–Kier alpha value is -2.77. The summed E-state index contributed by atoms with van der Waals surface area (Å²) < 4.78 is 5.92. The van der Waals surface area contributed by atoms with Crippen LogP contribution in [0, 0.1) is 6.92 Å². The monoisotopic (exact) mass is 465 g/mol. The number of nitrogens with zero attached hydrogens (tertiary/aromatic N) is 2. The third-order valence-corrected chi connectivity index (χ3v) is 6.81. The number of fused-ring (bicyclic) bond motifs is 1. The average Bonchev–Trinajstić information content (AvgIpc) is 3.47. The number of hydrogen-bond donors (Lipinski definition) is 2. The van der Waals surface area contributed by atoms with E-state index in [1.54, 1.807) is 11.3 Å². The molecule has 2 heterocycles. The van der Waals surface area contributed by atoms with Crippen molar-refractivity contribution >= 4 is 17.3 Å². The molecule has 0 radical (unpaired) electrons. The van der Waals surface area contributed by atoms with Gasteiger partial charge in [-0.2, -0.15) is 11.3 Å². The van der Waals surface area contributed by atoms with Gasteiger partial charge in [0.15, 0.2) is 5.82 Å². The predicted molar refractivity (Wildman–Crippen MR) is 131 cm³/mol.